The SMILES string of the molecule is COC(=O)/C=C(/Nc1cc(I)cc(I)c1)C(=O)OC. The van der Waals surface area contributed by atoms with E-state index in [0.29, 0.717) is 5.69 Å². The van der Waals surface area contributed by atoms with Gasteiger partial charge in [0.05, 0.1) is 20.3 Å². The number of hydrogen-bond donors (Lipinski definition) is 1. The number of ether oxygens (including phenoxy) is 2. The second kappa shape index (κ2) is 7.68. The molecule has 0 atom stereocenters. The van der Waals surface area contributed by atoms with Crippen LogP contribution in [-0.2, 0) is 19.1 Å². The normalized spacial score (nSPS) is 10.8. The van der Waals surface area contributed by atoms with Gasteiger partial charge in [-0.2, -0.15) is 0 Å². The lowest BCUT2D eigenvalue weighted by atomic mass is 10.3. The molecule has 7 heteroatoms. The Hall–Kier alpha value is -0.840. The first-order valence-electron chi connectivity index (χ1n) is 5.07. The summed E-state index contributed by atoms with van der Waals surface area (Å²) in [5.41, 5.74) is 0.712. The van der Waals surface area contributed by atoms with Crippen molar-refractivity contribution in [2.24, 2.45) is 0 Å². The summed E-state index contributed by atoms with van der Waals surface area (Å²) in [5.74, 6) is -1.27. The van der Waals surface area contributed by atoms with Crippen molar-refractivity contribution in [2.75, 3.05) is 19.5 Å². The highest BCUT2D eigenvalue weighted by Crippen LogP contribution is 2.19. The van der Waals surface area contributed by atoms with Gasteiger partial charge in [0.1, 0.15) is 5.70 Å². The van der Waals surface area contributed by atoms with E-state index in [1.54, 1.807) is 0 Å². The summed E-state index contributed by atoms with van der Waals surface area (Å²) < 4.78 is 11.1. The van der Waals surface area contributed by atoms with Crippen LogP contribution in [0, 0.1) is 7.14 Å². The van der Waals surface area contributed by atoms with E-state index < -0.39 is 11.9 Å². The van der Waals surface area contributed by atoms with Crippen LogP contribution in [0.25, 0.3) is 0 Å². The first-order valence-corrected chi connectivity index (χ1v) is 7.23. The summed E-state index contributed by atoms with van der Waals surface area (Å²) in [5, 5.41) is 2.85. The maximum absolute atomic E-state index is 11.6. The third-order valence-electron chi connectivity index (χ3n) is 2.01. The molecule has 0 fully saturated rings. The molecule has 0 radical (unpaired) electrons. The molecule has 0 aliphatic carbocycles. The standard InChI is InChI=1S/C12H11I2NO4/c1-18-11(16)6-10(12(17)19-2)15-9-4-7(13)3-8(14)5-9/h3-6,15H,1-2H3/b10-6+. The van der Waals surface area contributed by atoms with Crippen molar-refractivity contribution in [3.8, 4) is 0 Å². The molecule has 5 nitrogen and oxygen atoms in total. The van der Waals surface area contributed by atoms with Gasteiger partial charge in [0.25, 0.3) is 0 Å². The maximum atomic E-state index is 11.6. The number of anilines is 1. The summed E-state index contributed by atoms with van der Waals surface area (Å²) >= 11 is 4.33. The number of nitrogens with one attached hydrogen (secondary N) is 1. The molecule has 0 aliphatic heterocycles. The Morgan fingerprint density at radius 2 is 1.68 bits per heavy atom. The molecule has 1 aromatic rings. The zero-order chi connectivity index (χ0) is 14.4. The minimum Gasteiger partial charge on any atom is -0.466 e. The summed E-state index contributed by atoms with van der Waals surface area (Å²) in [6.45, 7) is 0. The first kappa shape index (κ1) is 16.2. The van der Waals surface area contributed by atoms with E-state index in [-0.39, 0.29) is 5.70 Å². The van der Waals surface area contributed by atoms with Crippen molar-refractivity contribution in [3.63, 3.8) is 0 Å². The number of benzene rings is 1. The van der Waals surface area contributed by atoms with Crippen LogP contribution < -0.4 is 5.32 Å². The van der Waals surface area contributed by atoms with E-state index >= 15 is 0 Å². The van der Waals surface area contributed by atoms with E-state index in [1.807, 2.05) is 18.2 Å². The Kier molecular flexibility index (Phi) is 6.55. The van der Waals surface area contributed by atoms with Gasteiger partial charge in [-0.25, -0.2) is 9.59 Å². The molecule has 0 saturated heterocycles. The molecular weight excluding hydrogens is 476 g/mol. The molecule has 0 unspecified atom stereocenters. The number of hydrogen-bond acceptors (Lipinski definition) is 5. The molecule has 19 heavy (non-hydrogen) atoms. The van der Waals surface area contributed by atoms with E-state index in [1.165, 1.54) is 14.2 Å². The Labute approximate surface area is 138 Å². The fraction of sp³-hybridized carbons (Fsp3) is 0.167. The van der Waals surface area contributed by atoms with Crippen molar-refractivity contribution in [1.29, 1.82) is 0 Å². The zero-order valence-corrected chi connectivity index (χ0v) is 14.5. The molecule has 1 aromatic carbocycles. The van der Waals surface area contributed by atoms with Crippen molar-refractivity contribution in [1.82, 2.24) is 0 Å². The van der Waals surface area contributed by atoms with Gasteiger partial charge in [0.2, 0.25) is 0 Å². The van der Waals surface area contributed by atoms with Gasteiger partial charge < -0.3 is 14.8 Å². The number of rotatable bonds is 4. The second-order valence-corrected chi connectivity index (χ2v) is 5.85. The minimum absolute atomic E-state index is 0.0205. The lowest BCUT2D eigenvalue weighted by Crippen LogP contribution is -2.15. The molecule has 102 valence electrons. The number of esters is 2. The molecule has 0 saturated carbocycles. The molecule has 0 amide bonds. The van der Waals surface area contributed by atoms with Crippen LogP contribution in [0.5, 0.6) is 0 Å². The molecule has 0 aromatic heterocycles. The van der Waals surface area contributed by atoms with Crippen LogP contribution >= 0.6 is 45.2 Å². The average molecular weight is 487 g/mol. The van der Waals surface area contributed by atoms with Crippen molar-refractivity contribution in [2.45, 2.75) is 0 Å². The fourth-order valence-corrected chi connectivity index (χ4v) is 3.15. The Morgan fingerprint density at radius 3 is 2.16 bits per heavy atom. The highest BCUT2D eigenvalue weighted by atomic mass is 127. The van der Waals surface area contributed by atoms with Gasteiger partial charge in [0.15, 0.2) is 0 Å². The van der Waals surface area contributed by atoms with Crippen molar-refractivity contribution < 1.29 is 19.1 Å². The number of methoxy groups -OCH3 is 2. The molecular formula is C12H11I2NO4. The lowest BCUT2D eigenvalue weighted by molar-refractivity contribution is -0.138. The molecule has 0 bridgehead atoms. The van der Waals surface area contributed by atoms with E-state index in [9.17, 15) is 9.59 Å². The maximum Gasteiger partial charge on any atom is 0.354 e. The predicted molar refractivity (Wildman–Crippen MR) is 87.6 cm³/mol. The third kappa shape index (κ3) is 5.35. The van der Waals surface area contributed by atoms with E-state index in [4.69, 9.17) is 0 Å². The van der Waals surface area contributed by atoms with Crippen LogP contribution in [0.3, 0.4) is 0 Å². The summed E-state index contributed by atoms with van der Waals surface area (Å²) in [6, 6.07) is 5.67. The van der Waals surface area contributed by atoms with Gasteiger partial charge in [-0.1, -0.05) is 0 Å². The van der Waals surface area contributed by atoms with Gasteiger partial charge in [0, 0.05) is 12.8 Å². The fourth-order valence-electron chi connectivity index (χ4n) is 1.21. The van der Waals surface area contributed by atoms with Gasteiger partial charge >= 0.3 is 11.9 Å². The largest absolute Gasteiger partial charge is 0.466 e. The minimum atomic E-state index is -0.640. The third-order valence-corrected chi connectivity index (χ3v) is 3.26. The summed E-state index contributed by atoms with van der Waals surface area (Å²) in [4.78, 5) is 22.8. The van der Waals surface area contributed by atoms with Gasteiger partial charge in [-0.15, -0.1) is 0 Å². The Bertz CT molecular complexity index is 508. The van der Waals surface area contributed by atoms with Crippen LogP contribution in [-0.4, -0.2) is 26.2 Å². The highest BCUT2D eigenvalue weighted by molar-refractivity contribution is 14.1. The zero-order valence-electron chi connectivity index (χ0n) is 10.2. The number of carbonyl (C=O) groups excluding carboxylic acids is 2. The topological polar surface area (TPSA) is 64.6 Å². The smallest absolute Gasteiger partial charge is 0.354 e. The van der Waals surface area contributed by atoms with Crippen molar-refractivity contribution >= 4 is 62.8 Å². The van der Waals surface area contributed by atoms with Crippen LogP contribution in [0.4, 0.5) is 5.69 Å². The molecule has 1 rings (SSSR count). The van der Waals surface area contributed by atoms with Gasteiger partial charge in [-0.05, 0) is 63.4 Å². The van der Waals surface area contributed by atoms with Crippen LogP contribution in [0.15, 0.2) is 30.0 Å². The summed E-state index contributed by atoms with van der Waals surface area (Å²) in [7, 11) is 2.48. The Morgan fingerprint density at radius 1 is 1.11 bits per heavy atom. The highest BCUT2D eigenvalue weighted by Gasteiger charge is 2.13. The van der Waals surface area contributed by atoms with Gasteiger partial charge in [-0.3, -0.25) is 0 Å². The quantitative estimate of drug-likeness (QED) is 0.402. The monoisotopic (exact) mass is 487 g/mol. The summed E-state index contributed by atoms with van der Waals surface area (Å²) in [6.07, 6.45) is 1.05. The molecule has 0 spiro atoms. The van der Waals surface area contributed by atoms with E-state index in [0.717, 1.165) is 13.2 Å². The molecule has 0 aliphatic rings. The van der Waals surface area contributed by atoms with Crippen LogP contribution in [0.1, 0.15) is 0 Å². The predicted octanol–water partition coefficient (Wildman–Crippen LogP) is 2.54. The van der Waals surface area contributed by atoms with Crippen molar-refractivity contribution in [3.05, 3.63) is 37.1 Å². The molecule has 1 N–H and O–H groups in total. The number of carbonyl (C=O) groups is 2. The van der Waals surface area contributed by atoms with E-state index in [2.05, 4.69) is 60.0 Å². The first-order chi connectivity index (χ1) is 8.96. The van der Waals surface area contributed by atoms with Crippen LogP contribution in [0.2, 0.25) is 0 Å². The second-order valence-electron chi connectivity index (χ2n) is 3.36. The average Bonchev–Trinajstić information content (AvgIpc) is 2.35. The Balaban J connectivity index is 3.04. The lowest BCUT2D eigenvalue weighted by Gasteiger charge is -2.09. The molecule has 0 heterocycles. The number of halogens is 2.